The molecule has 1 aliphatic carbocycles. The lowest BCUT2D eigenvalue weighted by molar-refractivity contribution is 0.187. The number of nitrogens with zero attached hydrogens (tertiary/aromatic N) is 2. The van der Waals surface area contributed by atoms with E-state index in [0.29, 0.717) is 17.8 Å². The molecule has 2 aromatic heterocycles. The SMILES string of the molecule is COc1ccc2[nH]c(=S)n(C3CCCC(C)C3C)c2n1. The Morgan fingerprint density at radius 1 is 1.35 bits per heavy atom. The highest BCUT2D eigenvalue weighted by atomic mass is 32.1. The zero-order valence-electron chi connectivity index (χ0n) is 12.2. The second-order valence-corrected chi connectivity index (χ2v) is 6.25. The first-order valence-corrected chi connectivity index (χ1v) is 7.68. The average molecular weight is 291 g/mol. The van der Waals surface area contributed by atoms with E-state index in [1.165, 1.54) is 19.3 Å². The maximum atomic E-state index is 5.53. The van der Waals surface area contributed by atoms with Crippen LogP contribution in [0.4, 0.5) is 0 Å². The molecule has 0 saturated heterocycles. The van der Waals surface area contributed by atoms with Gasteiger partial charge in [-0.3, -0.25) is 4.57 Å². The minimum atomic E-state index is 0.430. The monoisotopic (exact) mass is 291 g/mol. The quantitative estimate of drug-likeness (QED) is 0.847. The second-order valence-electron chi connectivity index (χ2n) is 5.86. The Morgan fingerprint density at radius 2 is 2.15 bits per heavy atom. The molecule has 0 aromatic carbocycles. The Bertz CT molecular complexity index is 675. The second kappa shape index (κ2) is 5.20. The Hall–Kier alpha value is -1.36. The third-order valence-electron chi connectivity index (χ3n) is 4.74. The van der Waals surface area contributed by atoms with Crippen LogP contribution in [0.15, 0.2) is 12.1 Å². The van der Waals surface area contributed by atoms with Crippen molar-refractivity contribution in [2.24, 2.45) is 11.8 Å². The summed E-state index contributed by atoms with van der Waals surface area (Å²) in [5.74, 6) is 1.98. The highest BCUT2D eigenvalue weighted by molar-refractivity contribution is 7.71. The van der Waals surface area contributed by atoms with E-state index in [9.17, 15) is 0 Å². The van der Waals surface area contributed by atoms with Crippen LogP contribution in [0.5, 0.6) is 5.88 Å². The minimum Gasteiger partial charge on any atom is -0.481 e. The largest absolute Gasteiger partial charge is 0.481 e. The first-order chi connectivity index (χ1) is 9.61. The number of fused-ring (bicyclic) bond motifs is 1. The normalized spacial score (nSPS) is 26.9. The lowest BCUT2D eigenvalue weighted by Gasteiger charge is -2.35. The van der Waals surface area contributed by atoms with Gasteiger partial charge in [-0.15, -0.1) is 0 Å². The number of H-pyrrole nitrogens is 1. The van der Waals surface area contributed by atoms with Gasteiger partial charge < -0.3 is 9.72 Å². The van der Waals surface area contributed by atoms with Gasteiger partial charge in [-0.1, -0.05) is 26.7 Å². The first kappa shape index (κ1) is 13.6. The van der Waals surface area contributed by atoms with Crippen LogP contribution in [0.25, 0.3) is 11.2 Å². The Morgan fingerprint density at radius 3 is 2.90 bits per heavy atom. The number of imidazole rings is 1. The zero-order valence-corrected chi connectivity index (χ0v) is 13.0. The van der Waals surface area contributed by atoms with Gasteiger partial charge in [0.1, 0.15) is 0 Å². The van der Waals surface area contributed by atoms with Gasteiger partial charge in [-0.25, -0.2) is 0 Å². The summed E-state index contributed by atoms with van der Waals surface area (Å²) in [6.07, 6.45) is 3.74. The van der Waals surface area contributed by atoms with Crippen LogP contribution in [-0.4, -0.2) is 21.6 Å². The van der Waals surface area contributed by atoms with E-state index in [0.717, 1.165) is 21.9 Å². The van der Waals surface area contributed by atoms with Gasteiger partial charge in [0, 0.05) is 12.1 Å². The van der Waals surface area contributed by atoms with E-state index in [2.05, 4.69) is 28.4 Å². The lowest BCUT2D eigenvalue weighted by atomic mass is 9.78. The van der Waals surface area contributed by atoms with Crippen molar-refractivity contribution >= 4 is 23.4 Å². The molecule has 4 nitrogen and oxygen atoms in total. The molecule has 5 heteroatoms. The zero-order chi connectivity index (χ0) is 14.3. The number of methoxy groups -OCH3 is 1. The number of pyridine rings is 1. The predicted octanol–water partition coefficient (Wildman–Crippen LogP) is 4.10. The number of hydrogen-bond donors (Lipinski definition) is 1. The molecule has 20 heavy (non-hydrogen) atoms. The van der Waals surface area contributed by atoms with Crippen molar-refractivity contribution in [2.45, 2.75) is 39.2 Å². The Labute approximate surface area is 124 Å². The van der Waals surface area contributed by atoms with Crippen molar-refractivity contribution in [1.82, 2.24) is 14.5 Å². The number of nitrogens with one attached hydrogen (secondary N) is 1. The summed E-state index contributed by atoms with van der Waals surface area (Å²) in [6.45, 7) is 4.67. The van der Waals surface area contributed by atoms with Crippen LogP contribution in [0.2, 0.25) is 0 Å². The van der Waals surface area contributed by atoms with Crippen LogP contribution in [0.3, 0.4) is 0 Å². The molecule has 108 valence electrons. The van der Waals surface area contributed by atoms with Gasteiger partial charge in [0.05, 0.1) is 12.6 Å². The van der Waals surface area contributed by atoms with Crippen molar-refractivity contribution in [2.75, 3.05) is 7.11 Å². The molecule has 3 rings (SSSR count). The third kappa shape index (κ3) is 2.14. The molecule has 0 amide bonds. The topological polar surface area (TPSA) is 42.8 Å². The molecule has 0 radical (unpaired) electrons. The van der Waals surface area contributed by atoms with Crippen LogP contribution in [0.1, 0.15) is 39.2 Å². The van der Waals surface area contributed by atoms with Gasteiger partial charge >= 0.3 is 0 Å². The number of ether oxygens (including phenoxy) is 1. The van der Waals surface area contributed by atoms with Gasteiger partial charge in [-0.05, 0) is 36.5 Å². The number of hydrogen-bond acceptors (Lipinski definition) is 3. The van der Waals surface area contributed by atoms with Crippen LogP contribution < -0.4 is 4.74 Å². The molecule has 0 spiro atoms. The summed E-state index contributed by atoms with van der Waals surface area (Å²) >= 11 is 5.53. The predicted molar refractivity (Wildman–Crippen MR) is 82.7 cm³/mol. The first-order valence-electron chi connectivity index (χ1n) is 7.27. The summed E-state index contributed by atoms with van der Waals surface area (Å²) in [5, 5.41) is 0. The molecule has 1 aliphatic rings. The lowest BCUT2D eigenvalue weighted by Crippen LogP contribution is -2.27. The maximum absolute atomic E-state index is 5.53. The van der Waals surface area contributed by atoms with E-state index in [1.807, 2.05) is 12.1 Å². The third-order valence-corrected chi connectivity index (χ3v) is 5.04. The molecule has 1 saturated carbocycles. The fourth-order valence-electron chi connectivity index (χ4n) is 3.32. The number of aromatic amines is 1. The van der Waals surface area contributed by atoms with E-state index in [-0.39, 0.29) is 0 Å². The van der Waals surface area contributed by atoms with Gasteiger partial charge in [0.2, 0.25) is 5.88 Å². The summed E-state index contributed by atoms with van der Waals surface area (Å²) in [7, 11) is 1.64. The van der Waals surface area contributed by atoms with E-state index in [1.54, 1.807) is 7.11 Å². The summed E-state index contributed by atoms with van der Waals surface area (Å²) in [6, 6.07) is 4.29. The van der Waals surface area contributed by atoms with Crippen molar-refractivity contribution < 1.29 is 4.74 Å². The van der Waals surface area contributed by atoms with Crippen LogP contribution >= 0.6 is 12.2 Å². The van der Waals surface area contributed by atoms with Crippen molar-refractivity contribution in [3.8, 4) is 5.88 Å². The van der Waals surface area contributed by atoms with Gasteiger partial charge in [-0.2, -0.15) is 4.98 Å². The van der Waals surface area contributed by atoms with Crippen molar-refractivity contribution in [1.29, 1.82) is 0 Å². The summed E-state index contributed by atoms with van der Waals surface area (Å²) < 4.78 is 8.22. The number of rotatable bonds is 2. The van der Waals surface area contributed by atoms with Crippen molar-refractivity contribution in [3.63, 3.8) is 0 Å². The average Bonchev–Trinajstić information content (AvgIpc) is 2.77. The molecule has 3 atom stereocenters. The molecule has 3 unspecified atom stereocenters. The van der Waals surface area contributed by atoms with Crippen LogP contribution in [0, 0.1) is 16.6 Å². The van der Waals surface area contributed by atoms with Gasteiger partial charge in [0.25, 0.3) is 0 Å². The van der Waals surface area contributed by atoms with E-state index in [4.69, 9.17) is 17.0 Å². The van der Waals surface area contributed by atoms with E-state index < -0.39 is 0 Å². The molecule has 1 fully saturated rings. The molecular formula is C15H21N3OS. The van der Waals surface area contributed by atoms with E-state index >= 15 is 0 Å². The number of aromatic nitrogens is 3. The summed E-state index contributed by atoms with van der Waals surface area (Å²) in [5.41, 5.74) is 1.90. The molecule has 2 heterocycles. The molecule has 0 aliphatic heterocycles. The Balaban J connectivity index is 2.14. The maximum Gasteiger partial charge on any atom is 0.215 e. The highest BCUT2D eigenvalue weighted by Crippen LogP contribution is 2.39. The highest BCUT2D eigenvalue weighted by Gasteiger charge is 2.30. The van der Waals surface area contributed by atoms with Gasteiger partial charge in [0.15, 0.2) is 10.4 Å². The smallest absolute Gasteiger partial charge is 0.215 e. The molecule has 1 N–H and O–H groups in total. The molecular weight excluding hydrogens is 270 g/mol. The van der Waals surface area contributed by atoms with Crippen LogP contribution in [-0.2, 0) is 0 Å². The molecule has 2 aromatic rings. The Kier molecular flexibility index (Phi) is 3.54. The summed E-state index contributed by atoms with van der Waals surface area (Å²) in [4.78, 5) is 7.86. The minimum absolute atomic E-state index is 0.430. The standard InChI is InChI=1S/C15H21N3OS/c1-9-5-4-6-12(10(9)2)18-14-11(16-15(18)20)7-8-13(17-14)19-3/h7-10,12H,4-6H2,1-3H3,(H,16,20). The van der Waals surface area contributed by atoms with Crippen molar-refractivity contribution in [3.05, 3.63) is 16.9 Å². The fourth-order valence-corrected chi connectivity index (χ4v) is 3.66. The fraction of sp³-hybridized carbons (Fsp3) is 0.600. The molecule has 0 bridgehead atoms.